The summed E-state index contributed by atoms with van der Waals surface area (Å²) in [5.41, 5.74) is 12.0. The van der Waals surface area contributed by atoms with Crippen molar-refractivity contribution in [2.24, 2.45) is 12.8 Å². The van der Waals surface area contributed by atoms with Crippen LogP contribution in [0.2, 0.25) is 0 Å². The lowest BCUT2D eigenvalue weighted by Crippen LogP contribution is -2.29. The number of amides is 2. The smallest absolute Gasteiger partial charge is 0.398 e. The fourth-order valence-corrected chi connectivity index (χ4v) is 5.22. The molecule has 200 valence electrons. The third kappa shape index (κ3) is 4.71. The fourth-order valence-electron chi connectivity index (χ4n) is 5.22. The van der Waals surface area contributed by atoms with Gasteiger partial charge in [0.1, 0.15) is 11.5 Å². The Morgan fingerprint density at radius 3 is 2.69 bits per heavy atom. The van der Waals surface area contributed by atoms with E-state index < -0.39 is 0 Å². The summed E-state index contributed by atoms with van der Waals surface area (Å²) in [4.78, 5) is 33.5. The number of aryl methyl sites for hydroxylation is 2. The number of allylic oxidation sites excluding steroid dienone is 1. The van der Waals surface area contributed by atoms with Gasteiger partial charge in [0.25, 0.3) is 5.91 Å². The van der Waals surface area contributed by atoms with Crippen LogP contribution < -0.4 is 5.73 Å². The standard InChI is InChI=1S/C30H31FN6O2/c1-18-14-21(30(39)34(3)4)15-24(31)27(18)20-7-11-36(12-8-20)17-22-16-23-26(6-10-33-28(23)35(22)5)37-13-9-25(32)19(2)29(37)38/h6-7,9-10,14-16H,8,11-12,17H2,1-5H3,(H-,32,38)/p+1. The van der Waals surface area contributed by atoms with Crippen LogP contribution in [0, 0.1) is 12.7 Å². The molecule has 4 heterocycles. The van der Waals surface area contributed by atoms with Crippen LogP contribution in [-0.2, 0) is 18.4 Å². The van der Waals surface area contributed by atoms with Crippen LogP contribution in [0.5, 0.6) is 0 Å². The molecular weight excluding hydrogens is 495 g/mol. The first-order valence-electron chi connectivity index (χ1n) is 12.8. The maximum absolute atomic E-state index is 15.1. The molecule has 0 bridgehead atoms. The number of rotatable bonds is 5. The van der Waals surface area contributed by atoms with Gasteiger partial charge in [-0.25, -0.2) is 14.2 Å². The highest BCUT2D eigenvalue weighted by Gasteiger charge is 2.30. The number of halogens is 1. The van der Waals surface area contributed by atoms with Crippen LogP contribution in [0.3, 0.4) is 0 Å². The third-order valence-corrected chi connectivity index (χ3v) is 7.49. The lowest BCUT2D eigenvalue weighted by atomic mass is 9.93. The van der Waals surface area contributed by atoms with E-state index in [1.165, 1.54) is 15.5 Å². The van der Waals surface area contributed by atoms with Crippen LogP contribution in [0.1, 0.15) is 40.5 Å². The van der Waals surface area contributed by atoms with Gasteiger partial charge in [-0.15, -0.1) is 0 Å². The Balaban J connectivity index is 1.38. The second-order valence-electron chi connectivity index (χ2n) is 10.3. The fraction of sp³-hybridized carbons (Fsp3) is 0.300. The average Bonchev–Trinajstić information content (AvgIpc) is 3.22. The first-order valence-corrected chi connectivity index (χ1v) is 12.8. The monoisotopic (exact) mass is 527 g/mol. The summed E-state index contributed by atoms with van der Waals surface area (Å²) in [6.45, 7) is 5.66. The Morgan fingerprint density at radius 1 is 1.26 bits per heavy atom. The second kappa shape index (κ2) is 10.1. The minimum atomic E-state index is -0.364. The number of benzene rings is 1. The lowest BCUT2D eigenvalue weighted by molar-refractivity contribution is -0.354. The predicted octanol–water partition coefficient (Wildman–Crippen LogP) is 3.65. The number of fused-ring (bicyclic) bond motifs is 1. The Labute approximate surface area is 226 Å². The van der Waals surface area contributed by atoms with Gasteiger partial charge in [-0.2, -0.15) is 0 Å². The van der Waals surface area contributed by atoms with E-state index in [4.69, 9.17) is 5.73 Å². The number of nitrogens with zero attached hydrogens (tertiary/aromatic N) is 5. The van der Waals surface area contributed by atoms with Crippen molar-refractivity contribution in [1.82, 2.24) is 19.4 Å². The van der Waals surface area contributed by atoms with Crippen molar-refractivity contribution in [3.8, 4) is 0 Å². The van der Waals surface area contributed by atoms with Gasteiger partial charge in [-0.3, -0.25) is 9.69 Å². The summed E-state index contributed by atoms with van der Waals surface area (Å²) in [5.74, 6) is 2.20. The van der Waals surface area contributed by atoms with Gasteiger partial charge in [-0.05, 0) is 49.6 Å². The zero-order valence-corrected chi connectivity index (χ0v) is 22.9. The van der Waals surface area contributed by atoms with Crippen LogP contribution >= 0.6 is 0 Å². The molecule has 2 N–H and O–H groups in total. The van der Waals surface area contributed by atoms with E-state index in [1.54, 1.807) is 39.4 Å². The first kappa shape index (κ1) is 26.3. The molecule has 39 heavy (non-hydrogen) atoms. The number of carbonyl (C=O) groups is 2. The average molecular weight is 528 g/mol. The number of hydrogen-bond donors (Lipinski definition) is 1. The Bertz CT molecular complexity index is 1640. The molecule has 1 aromatic carbocycles. The SMILES string of the molecule is CC1=C(N)C=C=[N+](c2ccnc3c2cc(CN2CC=C(c4c(C)cc(C(=O)N(C)C)cc4F)CC2)n3C)C1=O. The molecule has 0 atom stereocenters. The molecule has 0 aliphatic carbocycles. The molecule has 0 fully saturated rings. The van der Waals surface area contributed by atoms with Crippen LogP contribution in [-0.4, -0.2) is 68.8 Å². The largest absolute Gasteiger partial charge is 0.431 e. The molecule has 2 aliphatic rings. The summed E-state index contributed by atoms with van der Waals surface area (Å²) in [5, 5.41) is 0.857. The van der Waals surface area contributed by atoms with Gasteiger partial charge in [0.2, 0.25) is 5.69 Å². The van der Waals surface area contributed by atoms with E-state index in [1.807, 2.05) is 24.6 Å². The van der Waals surface area contributed by atoms with Gasteiger partial charge in [0.15, 0.2) is 5.87 Å². The maximum atomic E-state index is 15.1. The molecule has 0 spiro atoms. The van der Waals surface area contributed by atoms with E-state index in [0.717, 1.165) is 34.4 Å². The van der Waals surface area contributed by atoms with Crippen molar-refractivity contribution < 1.29 is 18.6 Å². The zero-order chi connectivity index (χ0) is 28.0. The zero-order valence-electron chi connectivity index (χ0n) is 22.9. The second-order valence-corrected chi connectivity index (χ2v) is 10.3. The van der Waals surface area contributed by atoms with Crippen molar-refractivity contribution in [3.05, 3.63) is 82.1 Å². The normalized spacial score (nSPS) is 16.1. The summed E-state index contributed by atoms with van der Waals surface area (Å²) >= 11 is 0. The highest BCUT2D eigenvalue weighted by atomic mass is 19.1. The van der Waals surface area contributed by atoms with E-state index >= 15 is 4.39 Å². The van der Waals surface area contributed by atoms with Gasteiger partial charge in [0.05, 0.1) is 22.7 Å². The van der Waals surface area contributed by atoms with Gasteiger partial charge < -0.3 is 15.2 Å². The molecule has 0 saturated carbocycles. The molecule has 2 aromatic heterocycles. The van der Waals surface area contributed by atoms with Gasteiger partial charge in [-0.1, -0.05) is 10.7 Å². The van der Waals surface area contributed by atoms with Gasteiger partial charge >= 0.3 is 5.91 Å². The highest BCUT2D eigenvalue weighted by Crippen LogP contribution is 2.31. The molecule has 9 heteroatoms. The van der Waals surface area contributed by atoms with E-state index in [9.17, 15) is 9.59 Å². The molecule has 0 unspecified atom stereocenters. The number of nitrogens with two attached hydrogens (primary N) is 1. The topological polar surface area (TPSA) is 87.5 Å². The molecule has 0 saturated heterocycles. The minimum Gasteiger partial charge on any atom is -0.398 e. The van der Waals surface area contributed by atoms with Crippen molar-refractivity contribution >= 4 is 40.0 Å². The van der Waals surface area contributed by atoms with Crippen molar-refractivity contribution in [1.29, 1.82) is 0 Å². The molecule has 8 nitrogen and oxygen atoms in total. The lowest BCUT2D eigenvalue weighted by Gasteiger charge is -2.27. The third-order valence-electron chi connectivity index (χ3n) is 7.49. The quantitative estimate of drug-likeness (QED) is 0.512. The molecule has 5 rings (SSSR count). The molecule has 0 radical (unpaired) electrons. The number of pyridine rings is 1. The maximum Gasteiger partial charge on any atom is 0.431 e. The van der Waals surface area contributed by atoms with E-state index in [0.29, 0.717) is 47.6 Å². The van der Waals surface area contributed by atoms with E-state index in [-0.39, 0.29) is 17.6 Å². The summed E-state index contributed by atoms with van der Waals surface area (Å²) < 4.78 is 18.6. The molecule has 2 aliphatic heterocycles. The van der Waals surface area contributed by atoms with Crippen molar-refractivity contribution in [3.63, 3.8) is 0 Å². The van der Waals surface area contributed by atoms with Crippen LogP contribution in [0.25, 0.3) is 16.6 Å². The molecule has 3 aromatic rings. The van der Waals surface area contributed by atoms with Crippen molar-refractivity contribution in [2.45, 2.75) is 26.8 Å². The Kier molecular flexibility index (Phi) is 6.80. The minimum absolute atomic E-state index is 0.205. The van der Waals surface area contributed by atoms with Gasteiger partial charge in [0, 0.05) is 69.9 Å². The highest BCUT2D eigenvalue weighted by molar-refractivity contribution is 5.97. The van der Waals surface area contributed by atoms with Crippen LogP contribution in [0.15, 0.2) is 53.9 Å². The Hall–Kier alpha value is -4.33. The number of aromatic nitrogens is 2. The van der Waals surface area contributed by atoms with E-state index in [2.05, 4.69) is 27.9 Å². The summed E-state index contributed by atoms with van der Waals surface area (Å²) in [6, 6.07) is 6.97. The summed E-state index contributed by atoms with van der Waals surface area (Å²) in [7, 11) is 5.28. The predicted molar refractivity (Wildman–Crippen MR) is 149 cm³/mol. The van der Waals surface area contributed by atoms with Crippen molar-refractivity contribution in [2.75, 3.05) is 27.2 Å². The molecule has 2 amide bonds. The Morgan fingerprint density at radius 2 is 2.03 bits per heavy atom. The molecular formula is C30H32FN6O2+. The number of carbonyl (C=O) groups excluding carboxylic acids is 2. The number of hydrogen-bond acceptors (Lipinski definition) is 5. The van der Waals surface area contributed by atoms with Crippen LogP contribution in [0.4, 0.5) is 10.1 Å². The first-order chi connectivity index (χ1) is 18.6. The summed E-state index contributed by atoms with van der Waals surface area (Å²) in [6.07, 6.45) is 6.07.